The highest BCUT2D eigenvalue weighted by Crippen LogP contribution is 2.14. The molecule has 0 aromatic rings. The molecular weight excluding hydrogens is 233 g/mol. The molecule has 0 radical (unpaired) electrons. The van der Waals surface area contributed by atoms with Gasteiger partial charge in [-0.05, 0) is 33.0 Å². The van der Waals surface area contributed by atoms with Crippen molar-refractivity contribution in [2.45, 2.75) is 19.5 Å². The maximum absolute atomic E-state index is 11.8. The highest BCUT2D eigenvalue weighted by molar-refractivity contribution is 4.60. The van der Waals surface area contributed by atoms with E-state index in [2.05, 4.69) is 21.9 Å². The third kappa shape index (κ3) is 11.9. The Morgan fingerprint density at radius 3 is 2.53 bits per heavy atom. The highest BCUT2D eigenvalue weighted by Gasteiger charge is 2.27. The third-order valence-electron chi connectivity index (χ3n) is 2.27. The molecule has 0 spiro atoms. The molecule has 0 heterocycles. The Labute approximate surface area is 101 Å². The van der Waals surface area contributed by atoms with Gasteiger partial charge in [-0.3, -0.25) is 0 Å². The molecule has 0 saturated carbocycles. The SMILES string of the molecule is CNCC(C)CN(C)CCCOCC(F)(F)F. The molecule has 0 aromatic heterocycles. The van der Waals surface area contributed by atoms with Crippen LogP contribution >= 0.6 is 0 Å². The van der Waals surface area contributed by atoms with Crippen LogP contribution in [0.5, 0.6) is 0 Å². The van der Waals surface area contributed by atoms with Crippen LogP contribution in [0.1, 0.15) is 13.3 Å². The first-order valence-electron chi connectivity index (χ1n) is 5.82. The molecule has 0 aromatic carbocycles. The fraction of sp³-hybridized carbons (Fsp3) is 1.00. The summed E-state index contributed by atoms with van der Waals surface area (Å²) < 4.78 is 39.8. The lowest BCUT2D eigenvalue weighted by molar-refractivity contribution is -0.174. The molecule has 0 amide bonds. The fourth-order valence-electron chi connectivity index (χ4n) is 1.66. The van der Waals surface area contributed by atoms with Crippen LogP contribution in [0.2, 0.25) is 0 Å². The van der Waals surface area contributed by atoms with Crippen molar-refractivity contribution in [3.63, 3.8) is 0 Å². The highest BCUT2D eigenvalue weighted by atomic mass is 19.4. The molecule has 1 unspecified atom stereocenters. The smallest absolute Gasteiger partial charge is 0.372 e. The van der Waals surface area contributed by atoms with E-state index in [1.807, 2.05) is 14.1 Å². The van der Waals surface area contributed by atoms with Crippen LogP contribution in [0.15, 0.2) is 0 Å². The molecule has 104 valence electrons. The topological polar surface area (TPSA) is 24.5 Å². The van der Waals surface area contributed by atoms with Crippen molar-refractivity contribution in [1.82, 2.24) is 10.2 Å². The van der Waals surface area contributed by atoms with Crippen molar-refractivity contribution in [3.05, 3.63) is 0 Å². The Hall–Kier alpha value is -0.330. The lowest BCUT2D eigenvalue weighted by Gasteiger charge is -2.21. The van der Waals surface area contributed by atoms with Crippen LogP contribution in [0.3, 0.4) is 0 Å². The van der Waals surface area contributed by atoms with E-state index in [9.17, 15) is 13.2 Å². The van der Waals surface area contributed by atoms with Crippen molar-refractivity contribution in [2.24, 2.45) is 5.92 Å². The van der Waals surface area contributed by atoms with E-state index in [1.165, 1.54) is 0 Å². The van der Waals surface area contributed by atoms with Crippen LogP contribution in [-0.4, -0.2) is 58.0 Å². The zero-order valence-electron chi connectivity index (χ0n) is 10.8. The molecule has 6 heteroatoms. The molecule has 0 saturated heterocycles. The van der Waals surface area contributed by atoms with Gasteiger partial charge in [-0.15, -0.1) is 0 Å². The fourth-order valence-corrected chi connectivity index (χ4v) is 1.66. The minimum Gasteiger partial charge on any atom is -0.372 e. The summed E-state index contributed by atoms with van der Waals surface area (Å²) in [5, 5.41) is 3.09. The first-order chi connectivity index (χ1) is 7.85. The molecule has 0 aliphatic heterocycles. The lowest BCUT2D eigenvalue weighted by atomic mass is 10.1. The van der Waals surface area contributed by atoms with Gasteiger partial charge >= 0.3 is 6.18 Å². The van der Waals surface area contributed by atoms with Gasteiger partial charge in [-0.2, -0.15) is 13.2 Å². The zero-order chi connectivity index (χ0) is 13.3. The second-order valence-corrected chi connectivity index (χ2v) is 4.45. The number of halogens is 3. The van der Waals surface area contributed by atoms with Crippen LogP contribution in [0, 0.1) is 5.92 Å². The molecule has 0 aliphatic rings. The van der Waals surface area contributed by atoms with Gasteiger partial charge in [-0.25, -0.2) is 0 Å². The average Bonchev–Trinajstić information content (AvgIpc) is 2.15. The van der Waals surface area contributed by atoms with Gasteiger partial charge in [0.1, 0.15) is 6.61 Å². The summed E-state index contributed by atoms with van der Waals surface area (Å²) in [5.74, 6) is 0.529. The van der Waals surface area contributed by atoms with Crippen molar-refractivity contribution >= 4 is 0 Å². The first-order valence-corrected chi connectivity index (χ1v) is 5.82. The number of alkyl halides is 3. The van der Waals surface area contributed by atoms with Gasteiger partial charge in [0.15, 0.2) is 0 Å². The van der Waals surface area contributed by atoms with E-state index < -0.39 is 12.8 Å². The van der Waals surface area contributed by atoms with Gasteiger partial charge in [0.2, 0.25) is 0 Å². The summed E-state index contributed by atoms with van der Waals surface area (Å²) in [6.45, 7) is 3.77. The Morgan fingerprint density at radius 1 is 1.35 bits per heavy atom. The summed E-state index contributed by atoms with van der Waals surface area (Å²) in [7, 11) is 3.87. The summed E-state index contributed by atoms with van der Waals surface area (Å²) in [4.78, 5) is 2.11. The molecule has 17 heavy (non-hydrogen) atoms. The van der Waals surface area contributed by atoms with Gasteiger partial charge in [-0.1, -0.05) is 6.92 Å². The summed E-state index contributed by atoms with van der Waals surface area (Å²) in [6, 6.07) is 0. The van der Waals surface area contributed by atoms with Crippen LogP contribution in [0.25, 0.3) is 0 Å². The molecule has 3 nitrogen and oxygen atoms in total. The minimum absolute atomic E-state index is 0.157. The predicted octanol–water partition coefficient (Wildman–Crippen LogP) is 1.74. The average molecular weight is 256 g/mol. The van der Waals surface area contributed by atoms with E-state index in [-0.39, 0.29) is 6.61 Å². The number of ether oxygens (including phenoxy) is 1. The number of hydrogen-bond acceptors (Lipinski definition) is 3. The number of rotatable bonds is 9. The maximum Gasteiger partial charge on any atom is 0.411 e. The summed E-state index contributed by atoms with van der Waals surface area (Å²) in [6.07, 6.45) is -3.59. The van der Waals surface area contributed by atoms with Gasteiger partial charge in [0.05, 0.1) is 0 Å². The van der Waals surface area contributed by atoms with Crippen LogP contribution in [-0.2, 0) is 4.74 Å². The van der Waals surface area contributed by atoms with Gasteiger partial charge in [0.25, 0.3) is 0 Å². The molecule has 1 N–H and O–H groups in total. The monoisotopic (exact) mass is 256 g/mol. The molecular formula is C11H23F3N2O. The van der Waals surface area contributed by atoms with Crippen LogP contribution in [0.4, 0.5) is 13.2 Å². The van der Waals surface area contributed by atoms with E-state index in [0.717, 1.165) is 19.6 Å². The van der Waals surface area contributed by atoms with E-state index in [0.29, 0.717) is 12.3 Å². The van der Waals surface area contributed by atoms with E-state index >= 15 is 0 Å². The number of nitrogens with one attached hydrogen (secondary N) is 1. The minimum atomic E-state index is -4.22. The molecule has 0 bridgehead atoms. The van der Waals surface area contributed by atoms with Crippen molar-refractivity contribution in [1.29, 1.82) is 0 Å². The third-order valence-corrected chi connectivity index (χ3v) is 2.27. The predicted molar refractivity (Wildman–Crippen MR) is 62.1 cm³/mol. The van der Waals surface area contributed by atoms with Crippen molar-refractivity contribution < 1.29 is 17.9 Å². The van der Waals surface area contributed by atoms with Crippen molar-refractivity contribution in [3.8, 4) is 0 Å². The quantitative estimate of drug-likeness (QED) is 0.636. The second kappa shape index (κ2) is 8.72. The molecule has 1 atom stereocenters. The number of nitrogens with zero attached hydrogens (tertiary/aromatic N) is 1. The first kappa shape index (κ1) is 16.7. The van der Waals surface area contributed by atoms with Crippen LogP contribution < -0.4 is 5.32 Å². The normalized spacial score (nSPS) is 14.3. The van der Waals surface area contributed by atoms with E-state index in [4.69, 9.17) is 0 Å². The van der Waals surface area contributed by atoms with Crippen molar-refractivity contribution in [2.75, 3.05) is 46.9 Å². The summed E-state index contributed by atoms with van der Waals surface area (Å²) in [5.41, 5.74) is 0. The molecule has 0 rings (SSSR count). The second-order valence-electron chi connectivity index (χ2n) is 4.45. The Morgan fingerprint density at radius 2 is 2.00 bits per heavy atom. The summed E-state index contributed by atoms with van der Waals surface area (Å²) >= 11 is 0. The largest absolute Gasteiger partial charge is 0.411 e. The zero-order valence-corrected chi connectivity index (χ0v) is 10.8. The number of hydrogen-bond donors (Lipinski definition) is 1. The standard InChI is InChI=1S/C11H23F3N2O/c1-10(7-15-2)8-16(3)5-4-6-17-9-11(12,13)14/h10,15H,4-9H2,1-3H3. The lowest BCUT2D eigenvalue weighted by Crippen LogP contribution is -2.31. The maximum atomic E-state index is 11.8. The Balaban J connectivity index is 3.42. The van der Waals surface area contributed by atoms with E-state index in [1.54, 1.807) is 0 Å². The molecule has 0 aliphatic carbocycles. The molecule has 0 fully saturated rings. The Kier molecular flexibility index (Phi) is 8.55. The van der Waals surface area contributed by atoms with Gasteiger partial charge < -0.3 is 15.0 Å². The Bertz CT molecular complexity index is 188. The van der Waals surface area contributed by atoms with Gasteiger partial charge in [0, 0.05) is 19.7 Å².